The van der Waals surface area contributed by atoms with Gasteiger partial charge in [-0.15, -0.1) is 0 Å². The molecule has 0 atom stereocenters. The molecule has 1 aromatic heterocycles. The van der Waals surface area contributed by atoms with Gasteiger partial charge >= 0.3 is 5.97 Å². The van der Waals surface area contributed by atoms with Crippen molar-refractivity contribution in [3.8, 4) is 5.88 Å². The summed E-state index contributed by atoms with van der Waals surface area (Å²) in [5.41, 5.74) is 1.03. The van der Waals surface area contributed by atoms with Crippen LogP contribution >= 0.6 is 0 Å². The summed E-state index contributed by atoms with van der Waals surface area (Å²) < 4.78 is 7.29. The molecule has 86 valence electrons. The smallest absolute Gasteiger partial charge is 0.356 e. The van der Waals surface area contributed by atoms with Crippen molar-refractivity contribution in [1.29, 1.82) is 0 Å². The Hall–Kier alpha value is -1.52. The molecule has 0 saturated heterocycles. The van der Waals surface area contributed by atoms with E-state index in [0.717, 1.165) is 31.4 Å². The molecule has 0 radical (unpaired) electrons. The average Bonchev–Trinajstić information content (AvgIpc) is 2.56. The van der Waals surface area contributed by atoms with Crippen molar-refractivity contribution in [2.75, 3.05) is 6.61 Å². The fourth-order valence-corrected chi connectivity index (χ4v) is 2.37. The van der Waals surface area contributed by atoms with E-state index in [-0.39, 0.29) is 5.69 Å². The summed E-state index contributed by atoms with van der Waals surface area (Å²) in [4.78, 5) is 11.2. The number of nitrogens with zero attached hydrogens (tertiary/aromatic N) is 2. The Labute approximate surface area is 93.0 Å². The molecule has 0 amide bonds. The molecule has 1 aromatic rings. The van der Waals surface area contributed by atoms with Gasteiger partial charge in [0.1, 0.15) is 0 Å². The summed E-state index contributed by atoms with van der Waals surface area (Å²) in [6.45, 7) is 1.44. The average molecular weight is 222 g/mol. The monoisotopic (exact) mass is 222 g/mol. The Balaban J connectivity index is 2.09. The summed E-state index contributed by atoms with van der Waals surface area (Å²) in [6, 6.07) is 0. The molecule has 1 aliphatic heterocycles. The van der Waals surface area contributed by atoms with E-state index in [0.29, 0.717) is 18.4 Å². The van der Waals surface area contributed by atoms with Crippen LogP contribution in [0, 0.1) is 0 Å². The van der Waals surface area contributed by atoms with Gasteiger partial charge in [-0.2, -0.15) is 5.10 Å². The summed E-state index contributed by atoms with van der Waals surface area (Å²) in [7, 11) is 0. The van der Waals surface area contributed by atoms with E-state index in [2.05, 4.69) is 5.10 Å². The number of carbonyl (C=O) groups is 1. The Bertz CT molecular complexity index is 435. The molecule has 3 rings (SSSR count). The van der Waals surface area contributed by atoms with Crippen molar-refractivity contribution < 1.29 is 14.6 Å². The number of rotatable bonds is 2. The minimum Gasteiger partial charge on any atom is -0.478 e. The number of aromatic nitrogens is 2. The maximum Gasteiger partial charge on any atom is 0.356 e. The molecule has 0 unspecified atom stereocenters. The third-order valence-electron chi connectivity index (χ3n) is 3.41. The fraction of sp³-hybridized carbons (Fsp3) is 0.636. The molecule has 1 fully saturated rings. The molecule has 16 heavy (non-hydrogen) atoms. The lowest BCUT2D eigenvalue weighted by atomic mass is 9.80. The lowest BCUT2D eigenvalue weighted by Crippen LogP contribution is -2.17. The van der Waals surface area contributed by atoms with Crippen LogP contribution in [0.3, 0.4) is 0 Å². The Morgan fingerprint density at radius 1 is 1.44 bits per heavy atom. The SMILES string of the molecule is O=C(O)c1nn2c(c1C1CCC1)OCCC2. The molecule has 1 aliphatic carbocycles. The maximum atomic E-state index is 11.2. The van der Waals surface area contributed by atoms with Gasteiger partial charge in [-0.05, 0) is 18.8 Å². The van der Waals surface area contributed by atoms with E-state index in [4.69, 9.17) is 9.84 Å². The third kappa shape index (κ3) is 1.31. The molecular weight excluding hydrogens is 208 g/mol. The number of aromatic carboxylic acids is 1. The molecule has 0 aromatic carbocycles. The second-order valence-electron chi connectivity index (χ2n) is 4.43. The summed E-state index contributed by atoms with van der Waals surface area (Å²) >= 11 is 0. The highest BCUT2D eigenvalue weighted by Gasteiger charge is 2.33. The maximum absolute atomic E-state index is 11.2. The van der Waals surface area contributed by atoms with Gasteiger partial charge in [0.2, 0.25) is 5.88 Å². The van der Waals surface area contributed by atoms with E-state index in [9.17, 15) is 4.79 Å². The zero-order chi connectivity index (χ0) is 11.1. The van der Waals surface area contributed by atoms with Gasteiger partial charge in [0.15, 0.2) is 5.69 Å². The second-order valence-corrected chi connectivity index (χ2v) is 4.43. The molecule has 0 bridgehead atoms. The normalized spacial score (nSPS) is 19.8. The molecular formula is C11H14N2O3. The van der Waals surface area contributed by atoms with Crippen LogP contribution in [0.5, 0.6) is 5.88 Å². The van der Waals surface area contributed by atoms with Gasteiger partial charge in [0.25, 0.3) is 0 Å². The predicted octanol–water partition coefficient (Wildman–Crippen LogP) is 1.63. The molecule has 5 heteroatoms. The standard InChI is InChI=1S/C11H14N2O3/c14-11(15)9-8(7-3-1-4-7)10-13(12-9)5-2-6-16-10/h7H,1-6H2,(H,14,15). The first kappa shape index (κ1) is 9.69. The van der Waals surface area contributed by atoms with Crippen LogP contribution in [-0.2, 0) is 6.54 Å². The van der Waals surface area contributed by atoms with Crippen LogP contribution in [0.25, 0.3) is 0 Å². The van der Waals surface area contributed by atoms with Gasteiger partial charge in [-0.3, -0.25) is 0 Å². The first-order chi connectivity index (χ1) is 7.77. The quantitative estimate of drug-likeness (QED) is 0.826. The Morgan fingerprint density at radius 3 is 2.88 bits per heavy atom. The first-order valence-electron chi connectivity index (χ1n) is 5.74. The highest BCUT2D eigenvalue weighted by Crippen LogP contribution is 2.43. The number of fused-ring (bicyclic) bond motifs is 1. The number of aryl methyl sites for hydroxylation is 1. The van der Waals surface area contributed by atoms with Crippen LogP contribution in [0.15, 0.2) is 0 Å². The third-order valence-corrected chi connectivity index (χ3v) is 3.41. The molecule has 1 saturated carbocycles. The van der Waals surface area contributed by atoms with Gasteiger partial charge in [-0.1, -0.05) is 6.42 Å². The summed E-state index contributed by atoms with van der Waals surface area (Å²) in [6.07, 6.45) is 4.19. The van der Waals surface area contributed by atoms with Gasteiger partial charge in [0, 0.05) is 13.0 Å². The van der Waals surface area contributed by atoms with E-state index < -0.39 is 5.97 Å². The number of ether oxygens (including phenoxy) is 1. The minimum absolute atomic E-state index is 0.196. The van der Waals surface area contributed by atoms with Gasteiger partial charge in [-0.25, -0.2) is 9.48 Å². The van der Waals surface area contributed by atoms with Crippen molar-refractivity contribution in [3.05, 3.63) is 11.3 Å². The van der Waals surface area contributed by atoms with Gasteiger partial charge in [0.05, 0.1) is 12.2 Å². The number of carboxylic acids is 1. The van der Waals surface area contributed by atoms with Crippen molar-refractivity contribution in [2.45, 2.75) is 38.1 Å². The highest BCUT2D eigenvalue weighted by molar-refractivity contribution is 5.88. The predicted molar refractivity (Wildman–Crippen MR) is 55.9 cm³/mol. The van der Waals surface area contributed by atoms with E-state index in [1.165, 1.54) is 6.42 Å². The van der Waals surface area contributed by atoms with Crippen LogP contribution in [0.2, 0.25) is 0 Å². The van der Waals surface area contributed by atoms with Crippen molar-refractivity contribution in [2.24, 2.45) is 0 Å². The molecule has 5 nitrogen and oxygen atoms in total. The van der Waals surface area contributed by atoms with E-state index in [1.807, 2.05) is 0 Å². The zero-order valence-corrected chi connectivity index (χ0v) is 8.98. The molecule has 1 N–H and O–H groups in total. The molecule has 0 spiro atoms. The topological polar surface area (TPSA) is 64.3 Å². The van der Waals surface area contributed by atoms with E-state index >= 15 is 0 Å². The first-order valence-corrected chi connectivity index (χ1v) is 5.74. The fourth-order valence-electron chi connectivity index (χ4n) is 2.37. The van der Waals surface area contributed by atoms with Crippen LogP contribution in [0.4, 0.5) is 0 Å². The number of carboxylic acid groups (broad SMARTS) is 1. The zero-order valence-electron chi connectivity index (χ0n) is 8.98. The lowest BCUT2D eigenvalue weighted by Gasteiger charge is -2.26. The Kier molecular flexibility index (Phi) is 2.12. The van der Waals surface area contributed by atoms with Crippen molar-refractivity contribution in [3.63, 3.8) is 0 Å². The highest BCUT2D eigenvalue weighted by atomic mass is 16.5. The number of hydrogen-bond donors (Lipinski definition) is 1. The van der Waals surface area contributed by atoms with Gasteiger partial charge < -0.3 is 9.84 Å². The number of hydrogen-bond acceptors (Lipinski definition) is 3. The second kappa shape index (κ2) is 3.50. The molecule has 2 heterocycles. The summed E-state index contributed by atoms with van der Waals surface area (Å²) in [5.74, 6) is 0.105. The van der Waals surface area contributed by atoms with Crippen LogP contribution in [-0.4, -0.2) is 27.5 Å². The van der Waals surface area contributed by atoms with Crippen LogP contribution < -0.4 is 4.74 Å². The van der Waals surface area contributed by atoms with Crippen LogP contribution in [0.1, 0.15) is 47.7 Å². The minimum atomic E-state index is -0.938. The molecule has 2 aliphatic rings. The van der Waals surface area contributed by atoms with Crippen molar-refractivity contribution in [1.82, 2.24) is 9.78 Å². The van der Waals surface area contributed by atoms with Crippen molar-refractivity contribution >= 4 is 5.97 Å². The summed E-state index contributed by atoms with van der Waals surface area (Å²) in [5, 5.41) is 13.3. The Morgan fingerprint density at radius 2 is 2.25 bits per heavy atom. The van der Waals surface area contributed by atoms with E-state index in [1.54, 1.807) is 4.68 Å². The lowest BCUT2D eigenvalue weighted by molar-refractivity contribution is 0.0687. The largest absolute Gasteiger partial charge is 0.478 e.